The number of hydrogen-bond acceptors (Lipinski definition) is 4. The number of anilines is 1. The van der Waals surface area contributed by atoms with E-state index in [-0.39, 0.29) is 24.2 Å². The Bertz CT molecular complexity index is 1190. The highest BCUT2D eigenvalue weighted by Crippen LogP contribution is 2.24. The summed E-state index contributed by atoms with van der Waals surface area (Å²) in [5.41, 5.74) is 0.412. The van der Waals surface area contributed by atoms with Crippen molar-refractivity contribution in [1.29, 1.82) is 0 Å². The highest BCUT2D eigenvalue weighted by Gasteiger charge is 2.34. The molecule has 1 N–H and O–H groups in total. The van der Waals surface area contributed by atoms with Crippen LogP contribution in [0.4, 0.5) is 10.1 Å². The molecule has 3 rings (SSSR count). The number of rotatable bonds is 10. The molecular weight excluding hydrogens is 507 g/mol. The maximum atomic E-state index is 14.7. The van der Waals surface area contributed by atoms with Crippen molar-refractivity contribution in [2.24, 2.45) is 0 Å². The number of amides is 2. The number of benzene rings is 2. The Morgan fingerprint density at radius 2 is 1.78 bits per heavy atom. The second kappa shape index (κ2) is 12.0. The molecule has 8 nitrogen and oxygen atoms in total. The van der Waals surface area contributed by atoms with Gasteiger partial charge in [-0.3, -0.25) is 9.59 Å². The van der Waals surface area contributed by atoms with Gasteiger partial charge in [0.1, 0.15) is 18.4 Å². The zero-order valence-corrected chi connectivity index (χ0v) is 22.2. The molecule has 36 heavy (non-hydrogen) atoms. The standard InChI is InChI=1S/C25H32ClFN4O4S/c1-18(25(33)28-21-11-4-5-12-21)30(16-19-9-8-10-20(26)15-19)24(32)17-31(36(34,35)29(2)3)23-14-7-6-13-22(23)27/h6-10,13-15,18,21H,4-5,11-12,16-17H2,1-3H3,(H,28,33)/t18-/m1/s1. The van der Waals surface area contributed by atoms with Gasteiger partial charge in [-0.25, -0.2) is 8.70 Å². The number of carbonyl (C=O) groups excluding carboxylic acids is 2. The molecule has 0 bridgehead atoms. The summed E-state index contributed by atoms with van der Waals surface area (Å²) in [5.74, 6) is -1.77. The third-order valence-corrected chi connectivity index (χ3v) is 8.29. The van der Waals surface area contributed by atoms with Gasteiger partial charge in [-0.15, -0.1) is 0 Å². The van der Waals surface area contributed by atoms with Crippen molar-refractivity contribution in [1.82, 2.24) is 14.5 Å². The summed E-state index contributed by atoms with van der Waals surface area (Å²) in [6.45, 7) is 0.926. The summed E-state index contributed by atoms with van der Waals surface area (Å²) in [5, 5.41) is 3.46. The maximum Gasteiger partial charge on any atom is 0.304 e. The van der Waals surface area contributed by atoms with Crippen molar-refractivity contribution in [3.8, 4) is 0 Å². The smallest absolute Gasteiger partial charge is 0.304 e. The molecule has 1 saturated carbocycles. The van der Waals surface area contributed by atoms with E-state index >= 15 is 0 Å². The van der Waals surface area contributed by atoms with Crippen LogP contribution in [0.1, 0.15) is 38.2 Å². The fourth-order valence-electron chi connectivity index (χ4n) is 4.16. The molecule has 2 aromatic carbocycles. The second-order valence-corrected chi connectivity index (χ2v) is 11.6. The van der Waals surface area contributed by atoms with Crippen LogP contribution in [0.3, 0.4) is 0 Å². The summed E-state index contributed by atoms with van der Waals surface area (Å²) in [4.78, 5) is 28.0. The number of hydrogen-bond donors (Lipinski definition) is 1. The van der Waals surface area contributed by atoms with Gasteiger partial charge in [0, 0.05) is 31.7 Å². The highest BCUT2D eigenvalue weighted by atomic mass is 35.5. The quantitative estimate of drug-likeness (QED) is 0.501. The van der Waals surface area contributed by atoms with Crippen LogP contribution in [-0.2, 0) is 26.3 Å². The maximum absolute atomic E-state index is 14.7. The first-order valence-corrected chi connectivity index (χ1v) is 13.6. The van der Waals surface area contributed by atoms with Gasteiger partial charge in [-0.2, -0.15) is 12.7 Å². The van der Waals surface area contributed by atoms with Gasteiger partial charge >= 0.3 is 10.2 Å². The lowest BCUT2D eigenvalue weighted by Crippen LogP contribution is -2.53. The van der Waals surface area contributed by atoms with Crippen LogP contribution in [0.2, 0.25) is 5.02 Å². The molecule has 1 aliphatic carbocycles. The Balaban J connectivity index is 1.94. The molecule has 0 aliphatic heterocycles. The lowest BCUT2D eigenvalue weighted by molar-refractivity contribution is -0.139. The minimum Gasteiger partial charge on any atom is -0.352 e. The fourth-order valence-corrected chi connectivity index (χ4v) is 5.44. The number of nitrogens with zero attached hydrogens (tertiary/aromatic N) is 3. The van der Waals surface area contributed by atoms with E-state index in [0.717, 1.165) is 40.4 Å². The van der Waals surface area contributed by atoms with Crippen LogP contribution in [0, 0.1) is 5.82 Å². The van der Waals surface area contributed by atoms with E-state index < -0.39 is 34.5 Å². The Labute approximate surface area is 217 Å². The van der Waals surface area contributed by atoms with Crippen molar-refractivity contribution in [2.45, 2.75) is 51.2 Å². The third kappa shape index (κ3) is 6.74. The van der Waals surface area contributed by atoms with Gasteiger partial charge in [0.2, 0.25) is 11.8 Å². The molecule has 1 atom stereocenters. The van der Waals surface area contributed by atoms with Gasteiger partial charge in [0.05, 0.1) is 5.69 Å². The number of nitrogens with one attached hydrogen (secondary N) is 1. The lowest BCUT2D eigenvalue weighted by atomic mass is 10.1. The van der Waals surface area contributed by atoms with Gasteiger partial charge in [0.15, 0.2) is 0 Å². The van der Waals surface area contributed by atoms with E-state index in [9.17, 15) is 22.4 Å². The first-order chi connectivity index (χ1) is 17.0. The molecule has 2 aromatic rings. The van der Waals surface area contributed by atoms with Crippen LogP contribution >= 0.6 is 11.6 Å². The number of para-hydroxylation sites is 1. The van der Waals surface area contributed by atoms with Crippen LogP contribution in [0.25, 0.3) is 0 Å². The second-order valence-electron chi connectivity index (χ2n) is 9.07. The SMILES string of the molecule is C[C@H](C(=O)NC1CCCC1)N(Cc1cccc(Cl)c1)C(=O)CN(c1ccccc1F)S(=O)(=O)N(C)C. The Morgan fingerprint density at radius 3 is 2.39 bits per heavy atom. The minimum absolute atomic E-state index is 0.0196. The first-order valence-electron chi connectivity index (χ1n) is 11.8. The largest absolute Gasteiger partial charge is 0.352 e. The van der Waals surface area contributed by atoms with Gasteiger partial charge in [0.25, 0.3) is 0 Å². The predicted octanol–water partition coefficient (Wildman–Crippen LogP) is 3.57. The van der Waals surface area contributed by atoms with Crippen LogP contribution in [-0.4, -0.2) is 62.2 Å². The molecule has 2 amide bonds. The van der Waals surface area contributed by atoms with E-state index in [1.807, 2.05) is 0 Å². The molecule has 0 aromatic heterocycles. The van der Waals surface area contributed by atoms with Crippen molar-refractivity contribution < 1.29 is 22.4 Å². The van der Waals surface area contributed by atoms with Crippen LogP contribution < -0.4 is 9.62 Å². The summed E-state index contributed by atoms with van der Waals surface area (Å²) in [6.07, 6.45) is 3.82. The van der Waals surface area contributed by atoms with E-state index in [2.05, 4.69) is 5.32 Å². The van der Waals surface area contributed by atoms with Gasteiger partial charge in [-0.05, 0) is 49.6 Å². The normalized spacial score (nSPS) is 15.1. The third-order valence-electron chi connectivity index (χ3n) is 6.25. The summed E-state index contributed by atoms with van der Waals surface area (Å²) < 4.78 is 42.5. The zero-order valence-electron chi connectivity index (χ0n) is 20.7. The van der Waals surface area contributed by atoms with E-state index in [1.54, 1.807) is 31.2 Å². The summed E-state index contributed by atoms with van der Waals surface area (Å²) in [7, 11) is -1.63. The fraction of sp³-hybridized carbons (Fsp3) is 0.440. The number of carbonyl (C=O) groups is 2. The molecule has 0 unspecified atom stereocenters. The van der Waals surface area contributed by atoms with E-state index in [0.29, 0.717) is 10.6 Å². The molecule has 0 saturated heterocycles. The van der Waals surface area contributed by atoms with Crippen molar-refractivity contribution in [3.05, 3.63) is 64.9 Å². The molecular formula is C25H32ClFN4O4S. The monoisotopic (exact) mass is 538 g/mol. The van der Waals surface area contributed by atoms with Crippen LogP contribution in [0.15, 0.2) is 48.5 Å². The topological polar surface area (TPSA) is 90.0 Å². The van der Waals surface area contributed by atoms with Crippen molar-refractivity contribution in [2.75, 3.05) is 24.9 Å². The average Bonchev–Trinajstić information content (AvgIpc) is 3.34. The van der Waals surface area contributed by atoms with Gasteiger partial charge in [-0.1, -0.05) is 48.7 Å². The van der Waals surface area contributed by atoms with Crippen LogP contribution in [0.5, 0.6) is 0 Å². The molecule has 196 valence electrons. The Hall–Kier alpha value is -2.69. The predicted molar refractivity (Wildman–Crippen MR) is 138 cm³/mol. The summed E-state index contributed by atoms with van der Waals surface area (Å²) in [6, 6.07) is 11.3. The van der Waals surface area contributed by atoms with E-state index in [1.165, 1.54) is 37.2 Å². The molecule has 0 spiro atoms. The molecule has 11 heteroatoms. The molecule has 1 aliphatic rings. The summed E-state index contributed by atoms with van der Waals surface area (Å²) >= 11 is 6.12. The van der Waals surface area contributed by atoms with Crippen molar-refractivity contribution in [3.63, 3.8) is 0 Å². The first kappa shape index (κ1) is 27.9. The molecule has 0 radical (unpaired) electrons. The zero-order chi connectivity index (χ0) is 26.5. The number of halogens is 2. The average molecular weight is 539 g/mol. The van der Waals surface area contributed by atoms with Gasteiger partial charge < -0.3 is 10.2 Å². The Morgan fingerprint density at radius 1 is 1.11 bits per heavy atom. The molecule has 0 heterocycles. The van der Waals surface area contributed by atoms with E-state index in [4.69, 9.17) is 11.6 Å². The lowest BCUT2D eigenvalue weighted by Gasteiger charge is -2.33. The van der Waals surface area contributed by atoms with Crippen molar-refractivity contribution >= 4 is 39.3 Å². The highest BCUT2D eigenvalue weighted by molar-refractivity contribution is 7.90. The molecule has 1 fully saturated rings. The minimum atomic E-state index is -4.23. The Kier molecular flexibility index (Phi) is 9.32.